The molecule has 1 aromatic carbocycles. The van der Waals surface area contributed by atoms with Crippen LogP contribution in [0.4, 0.5) is 0 Å². The molecule has 2 heterocycles. The van der Waals surface area contributed by atoms with Crippen LogP contribution in [0.3, 0.4) is 0 Å². The summed E-state index contributed by atoms with van der Waals surface area (Å²) in [6.45, 7) is 8.28. The molecule has 1 fully saturated rings. The number of nitrogens with one attached hydrogen (secondary N) is 1. The van der Waals surface area contributed by atoms with Crippen molar-refractivity contribution in [3.63, 3.8) is 0 Å². The van der Waals surface area contributed by atoms with Crippen molar-refractivity contribution in [2.24, 2.45) is 0 Å². The Labute approximate surface area is 169 Å². The predicted octanol–water partition coefficient (Wildman–Crippen LogP) is 4.21. The molecule has 5 nitrogen and oxygen atoms in total. The first-order chi connectivity index (χ1) is 13.4. The number of aryl methyl sites for hydroxylation is 1. The lowest BCUT2D eigenvalue weighted by Crippen LogP contribution is -2.35. The molecule has 4 rings (SSSR count). The Morgan fingerprint density at radius 3 is 2.79 bits per heavy atom. The van der Waals surface area contributed by atoms with E-state index in [1.54, 1.807) is 0 Å². The molecule has 152 valence electrons. The Kier molecular flexibility index (Phi) is 5.21. The van der Waals surface area contributed by atoms with E-state index in [2.05, 4.69) is 24.6 Å². The van der Waals surface area contributed by atoms with Crippen LogP contribution in [0, 0.1) is 6.92 Å². The van der Waals surface area contributed by atoms with Crippen molar-refractivity contribution < 1.29 is 4.21 Å². The fourth-order valence-electron chi connectivity index (χ4n) is 4.97. The van der Waals surface area contributed by atoms with Crippen molar-refractivity contribution in [2.45, 2.75) is 83.7 Å². The molecule has 28 heavy (non-hydrogen) atoms. The molecule has 0 amide bonds. The Balaban J connectivity index is 1.82. The average Bonchev–Trinajstić information content (AvgIpc) is 2.93. The maximum atomic E-state index is 13.4. The van der Waals surface area contributed by atoms with Gasteiger partial charge in [0.2, 0.25) is 0 Å². The van der Waals surface area contributed by atoms with Crippen molar-refractivity contribution in [2.75, 3.05) is 5.75 Å². The molecule has 2 aromatic rings. The SMILES string of the molecule is CCCCS(=O)N[C@H](C)c1cc(C)cc2c(=O)n3c(nc12)C1(CCC1)C[C@@H]3C. The summed E-state index contributed by atoms with van der Waals surface area (Å²) < 4.78 is 17.5. The molecule has 0 bridgehead atoms. The molecule has 1 aromatic heterocycles. The normalized spacial score (nSPS) is 22.2. The number of hydrogen-bond acceptors (Lipinski definition) is 3. The molecule has 0 radical (unpaired) electrons. The van der Waals surface area contributed by atoms with E-state index < -0.39 is 11.0 Å². The monoisotopic (exact) mass is 401 g/mol. The molecule has 1 spiro atoms. The second-order valence-corrected chi connectivity index (χ2v) is 10.1. The first kappa shape index (κ1) is 19.8. The molecular formula is C22H31N3O2S. The van der Waals surface area contributed by atoms with Gasteiger partial charge in [0, 0.05) is 23.3 Å². The van der Waals surface area contributed by atoms with Gasteiger partial charge in [-0.15, -0.1) is 0 Å². The predicted molar refractivity (Wildman–Crippen MR) is 115 cm³/mol. The largest absolute Gasteiger partial charge is 0.293 e. The van der Waals surface area contributed by atoms with Gasteiger partial charge in [-0.1, -0.05) is 25.8 Å². The van der Waals surface area contributed by atoms with Crippen molar-refractivity contribution in [3.05, 3.63) is 39.4 Å². The maximum absolute atomic E-state index is 13.4. The number of rotatable bonds is 6. The van der Waals surface area contributed by atoms with Gasteiger partial charge in [-0.25, -0.2) is 13.9 Å². The Bertz CT molecular complexity index is 993. The standard InChI is InChI=1S/C22H31N3O2S/c1-5-6-10-28(27)24-16(4)17-11-14(2)12-18-19(17)23-21-22(8-7-9-22)13-15(3)25(21)20(18)26/h11-12,15-16,24H,5-10,13H2,1-4H3/t15-,16+,28?/m0/s1. The second kappa shape index (κ2) is 7.38. The summed E-state index contributed by atoms with van der Waals surface area (Å²) >= 11 is 0. The Hall–Kier alpha value is -1.53. The fraction of sp³-hybridized carbons (Fsp3) is 0.636. The minimum atomic E-state index is -1.08. The van der Waals surface area contributed by atoms with Crippen LogP contribution in [0.25, 0.3) is 10.9 Å². The molecule has 1 aliphatic heterocycles. The Morgan fingerprint density at radius 2 is 2.14 bits per heavy atom. The lowest BCUT2D eigenvalue weighted by Gasteiger charge is -2.37. The van der Waals surface area contributed by atoms with Gasteiger partial charge in [-0.05, 0) is 63.6 Å². The first-order valence-electron chi connectivity index (χ1n) is 10.6. The molecule has 1 aliphatic carbocycles. The maximum Gasteiger partial charge on any atom is 0.261 e. The van der Waals surface area contributed by atoms with E-state index in [1.165, 1.54) is 6.42 Å². The van der Waals surface area contributed by atoms with Crippen LogP contribution in [-0.2, 0) is 16.4 Å². The molecule has 0 saturated heterocycles. The summed E-state index contributed by atoms with van der Waals surface area (Å²) in [5.74, 6) is 1.63. The third-order valence-corrected chi connectivity index (χ3v) is 7.82. The number of unbranched alkanes of at least 4 members (excludes halogenated alkanes) is 1. The lowest BCUT2D eigenvalue weighted by molar-refractivity contribution is 0.230. The molecule has 1 unspecified atom stereocenters. The van der Waals surface area contributed by atoms with Gasteiger partial charge in [0.15, 0.2) is 0 Å². The van der Waals surface area contributed by atoms with Gasteiger partial charge in [-0.2, -0.15) is 0 Å². The molecule has 6 heteroatoms. The van der Waals surface area contributed by atoms with Crippen molar-refractivity contribution in [3.8, 4) is 0 Å². The van der Waals surface area contributed by atoms with E-state index in [9.17, 15) is 9.00 Å². The summed E-state index contributed by atoms with van der Waals surface area (Å²) in [4.78, 5) is 18.5. The zero-order valence-electron chi connectivity index (χ0n) is 17.4. The van der Waals surface area contributed by atoms with E-state index >= 15 is 0 Å². The smallest absolute Gasteiger partial charge is 0.261 e. The van der Waals surface area contributed by atoms with Gasteiger partial charge in [0.25, 0.3) is 5.56 Å². The number of hydrogen-bond donors (Lipinski definition) is 1. The minimum absolute atomic E-state index is 0.0838. The number of fused-ring (bicyclic) bond motifs is 3. The Morgan fingerprint density at radius 1 is 1.39 bits per heavy atom. The molecule has 1 N–H and O–H groups in total. The lowest BCUT2D eigenvalue weighted by atomic mass is 9.66. The average molecular weight is 402 g/mol. The van der Waals surface area contributed by atoms with E-state index in [1.807, 2.05) is 24.5 Å². The van der Waals surface area contributed by atoms with E-state index in [0.29, 0.717) is 11.1 Å². The molecular weight excluding hydrogens is 370 g/mol. The van der Waals surface area contributed by atoms with Gasteiger partial charge in [0.05, 0.1) is 21.9 Å². The minimum Gasteiger partial charge on any atom is -0.293 e. The van der Waals surface area contributed by atoms with E-state index in [-0.39, 0.29) is 23.1 Å². The third kappa shape index (κ3) is 3.14. The zero-order valence-corrected chi connectivity index (χ0v) is 18.2. The highest BCUT2D eigenvalue weighted by atomic mass is 32.2. The first-order valence-corrected chi connectivity index (χ1v) is 11.9. The van der Waals surface area contributed by atoms with Crippen molar-refractivity contribution in [1.29, 1.82) is 0 Å². The van der Waals surface area contributed by atoms with Gasteiger partial charge in [-0.3, -0.25) is 9.36 Å². The number of benzene rings is 1. The van der Waals surface area contributed by atoms with Crippen molar-refractivity contribution >= 4 is 21.9 Å². The topological polar surface area (TPSA) is 64.0 Å². The van der Waals surface area contributed by atoms with Crippen molar-refractivity contribution in [1.82, 2.24) is 14.3 Å². The van der Waals surface area contributed by atoms with Crippen LogP contribution in [0.2, 0.25) is 0 Å². The molecule has 2 aliphatic rings. The second-order valence-electron chi connectivity index (χ2n) is 8.79. The fourth-order valence-corrected chi connectivity index (χ4v) is 6.16. The van der Waals surface area contributed by atoms with Crippen LogP contribution in [0.15, 0.2) is 16.9 Å². The van der Waals surface area contributed by atoms with E-state index in [0.717, 1.165) is 54.6 Å². The van der Waals surface area contributed by atoms with Crippen LogP contribution >= 0.6 is 0 Å². The molecule has 1 saturated carbocycles. The number of aromatic nitrogens is 2. The summed E-state index contributed by atoms with van der Waals surface area (Å²) in [6.07, 6.45) is 6.47. The third-order valence-electron chi connectivity index (χ3n) is 6.55. The number of nitrogens with zero attached hydrogens (tertiary/aromatic N) is 2. The molecule has 3 atom stereocenters. The van der Waals surface area contributed by atoms with Gasteiger partial charge >= 0.3 is 0 Å². The van der Waals surface area contributed by atoms with Gasteiger partial charge in [0.1, 0.15) is 5.82 Å². The van der Waals surface area contributed by atoms with Crippen LogP contribution in [0.1, 0.15) is 88.3 Å². The summed E-state index contributed by atoms with van der Waals surface area (Å²) in [5, 5.41) is 0.690. The van der Waals surface area contributed by atoms with Gasteiger partial charge < -0.3 is 0 Å². The van der Waals surface area contributed by atoms with Crippen LogP contribution < -0.4 is 10.3 Å². The highest BCUT2D eigenvalue weighted by molar-refractivity contribution is 7.83. The highest BCUT2D eigenvalue weighted by Gasteiger charge is 2.48. The van der Waals surface area contributed by atoms with Crippen LogP contribution in [-0.4, -0.2) is 19.5 Å². The van der Waals surface area contributed by atoms with Crippen LogP contribution in [0.5, 0.6) is 0 Å². The summed E-state index contributed by atoms with van der Waals surface area (Å²) in [5.41, 5.74) is 2.98. The van der Waals surface area contributed by atoms with E-state index in [4.69, 9.17) is 4.98 Å². The zero-order chi connectivity index (χ0) is 20.1. The summed E-state index contributed by atoms with van der Waals surface area (Å²) in [7, 11) is -1.08. The highest BCUT2D eigenvalue weighted by Crippen LogP contribution is 2.52. The quantitative estimate of drug-likeness (QED) is 0.789. The summed E-state index contributed by atoms with van der Waals surface area (Å²) in [6, 6.07) is 4.14.